The summed E-state index contributed by atoms with van der Waals surface area (Å²) in [5, 5.41) is 3.48. The molecule has 0 bridgehead atoms. The number of piperidine rings is 1. The Labute approximate surface area is 123 Å². The summed E-state index contributed by atoms with van der Waals surface area (Å²) in [4.78, 5) is 5.22. The molecule has 3 heteroatoms. The van der Waals surface area contributed by atoms with Crippen LogP contribution in [-0.2, 0) is 13.1 Å². The molecule has 0 aliphatic carbocycles. The van der Waals surface area contributed by atoms with E-state index in [2.05, 4.69) is 47.2 Å². The number of anilines is 1. The molecule has 1 aromatic rings. The highest BCUT2D eigenvalue weighted by molar-refractivity contribution is 5.58. The van der Waals surface area contributed by atoms with Crippen LogP contribution < -0.4 is 10.2 Å². The SMILES string of the molecule is CCN(CC)C1CCN(c2cccc3c2CNC3)CC1. The van der Waals surface area contributed by atoms with Crippen LogP contribution in [0.5, 0.6) is 0 Å². The Hall–Kier alpha value is -1.06. The quantitative estimate of drug-likeness (QED) is 0.910. The molecule has 110 valence electrons. The van der Waals surface area contributed by atoms with Crippen molar-refractivity contribution in [2.24, 2.45) is 0 Å². The fourth-order valence-corrected chi connectivity index (χ4v) is 3.82. The zero-order valence-electron chi connectivity index (χ0n) is 12.9. The van der Waals surface area contributed by atoms with E-state index in [1.165, 1.54) is 55.8 Å². The second-order valence-corrected chi connectivity index (χ2v) is 5.96. The summed E-state index contributed by atoms with van der Waals surface area (Å²) in [6.07, 6.45) is 2.61. The van der Waals surface area contributed by atoms with Gasteiger partial charge in [-0.2, -0.15) is 0 Å². The molecule has 0 amide bonds. The standard InChI is InChI=1S/C17H27N3/c1-3-19(4-2)15-8-10-20(11-9-15)17-7-5-6-14-12-18-13-16(14)17/h5-7,15,18H,3-4,8-13H2,1-2H3. The number of rotatable bonds is 4. The summed E-state index contributed by atoms with van der Waals surface area (Å²) >= 11 is 0. The average molecular weight is 273 g/mol. The van der Waals surface area contributed by atoms with Gasteiger partial charge in [0.15, 0.2) is 0 Å². The fourth-order valence-electron chi connectivity index (χ4n) is 3.82. The van der Waals surface area contributed by atoms with Crippen molar-refractivity contribution in [3.8, 4) is 0 Å². The van der Waals surface area contributed by atoms with Gasteiger partial charge in [-0.15, -0.1) is 0 Å². The van der Waals surface area contributed by atoms with Gasteiger partial charge in [0.05, 0.1) is 0 Å². The summed E-state index contributed by atoms with van der Waals surface area (Å²) in [6.45, 7) is 11.4. The van der Waals surface area contributed by atoms with Gasteiger partial charge in [0.25, 0.3) is 0 Å². The van der Waals surface area contributed by atoms with E-state index in [1.807, 2.05) is 0 Å². The third-order valence-electron chi connectivity index (χ3n) is 5.00. The van der Waals surface area contributed by atoms with Gasteiger partial charge in [-0.05, 0) is 43.1 Å². The van der Waals surface area contributed by atoms with Crippen molar-refractivity contribution >= 4 is 5.69 Å². The number of benzene rings is 1. The number of nitrogens with zero attached hydrogens (tertiary/aromatic N) is 2. The topological polar surface area (TPSA) is 18.5 Å². The lowest BCUT2D eigenvalue weighted by Crippen LogP contribution is -2.45. The van der Waals surface area contributed by atoms with Gasteiger partial charge >= 0.3 is 0 Å². The minimum Gasteiger partial charge on any atom is -0.371 e. The molecule has 1 saturated heterocycles. The molecule has 1 fully saturated rings. The molecular formula is C17H27N3. The lowest BCUT2D eigenvalue weighted by molar-refractivity contribution is 0.186. The molecule has 1 aromatic carbocycles. The van der Waals surface area contributed by atoms with Crippen molar-refractivity contribution in [2.45, 2.75) is 45.8 Å². The second kappa shape index (κ2) is 6.15. The average Bonchev–Trinajstić information content (AvgIpc) is 2.98. The molecular weight excluding hydrogens is 246 g/mol. The van der Waals surface area contributed by atoms with Crippen LogP contribution in [0.1, 0.15) is 37.8 Å². The van der Waals surface area contributed by atoms with Gasteiger partial charge in [-0.25, -0.2) is 0 Å². The van der Waals surface area contributed by atoms with Gasteiger partial charge in [-0.1, -0.05) is 26.0 Å². The molecule has 0 spiro atoms. The summed E-state index contributed by atoms with van der Waals surface area (Å²) in [7, 11) is 0. The van der Waals surface area contributed by atoms with Crippen molar-refractivity contribution < 1.29 is 0 Å². The van der Waals surface area contributed by atoms with Gasteiger partial charge in [0.2, 0.25) is 0 Å². The molecule has 1 N–H and O–H groups in total. The molecule has 0 radical (unpaired) electrons. The zero-order valence-corrected chi connectivity index (χ0v) is 12.9. The van der Waals surface area contributed by atoms with Crippen molar-refractivity contribution in [3.63, 3.8) is 0 Å². The predicted molar refractivity (Wildman–Crippen MR) is 85.1 cm³/mol. The number of nitrogens with one attached hydrogen (secondary N) is 1. The van der Waals surface area contributed by atoms with Gasteiger partial charge in [0, 0.05) is 37.9 Å². The first-order valence-corrected chi connectivity index (χ1v) is 8.14. The number of fused-ring (bicyclic) bond motifs is 1. The molecule has 0 aromatic heterocycles. The molecule has 20 heavy (non-hydrogen) atoms. The Morgan fingerprint density at radius 3 is 2.60 bits per heavy atom. The first-order valence-electron chi connectivity index (χ1n) is 8.14. The molecule has 2 aliphatic heterocycles. The van der Waals surface area contributed by atoms with Crippen molar-refractivity contribution in [1.29, 1.82) is 0 Å². The van der Waals surface area contributed by atoms with Gasteiger partial charge < -0.3 is 15.1 Å². The molecule has 3 nitrogen and oxygen atoms in total. The smallest absolute Gasteiger partial charge is 0.0415 e. The Bertz CT molecular complexity index is 446. The molecule has 0 atom stereocenters. The van der Waals surface area contributed by atoms with Crippen molar-refractivity contribution in [2.75, 3.05) is 31.1 Å². The summed E-state index contributed by atoms with van der Waals surface area (Å²) in [6, 6.07) is 7.58. The molecule has 2 aliphatic rings. The van der Waals surface area contributed by atoms with Crippen molar-refractivity contribution in [3.05, 3.63) is 29.3 Å². The van der Waals surface area contributed by atoms with Crippen molar-refractivity contribution in [1.82, 2.24) is 10.2 Å². The maximum atomic E-state index is 3.48. The highest BCUT2D eigenvalue weighted by Crippen LogP contribution is 2.30. The van der Waals surface area contributed by atoms with Crippen LogP contribution in [0.25, 0.3) is 0 Å². The van der Waals surface area contributed by atoms with Gasteiger partial charge in [-0.3, -0.25) is 0 Å². The highest BCUT2D eigenvalue weighted by atomic mass is 15.2. The summed E-state index contributed by atoms with van der Waals surface area (Å²) in [5.74, 6) is 0. The first kappa shape index (κ1) is 13.9. The summed E-state index contributed by atoms with van der Waals surface area (Å²) in [5.41, 5.74) is 4.51. The van der Waals surface area contributed by atoms with E-state index < -0.39 is 0 Å². The Kier molecular flexibility index (Phi) is 4.27. The maximum absolute atomic E-state index is 3.48. The van der Waals surface area contributed by atoms with Crippen LogP contribution in [0.2, 0.25) is 0 Å². The normalized spacial score (nSPS) is 19.6. The van der Waals surface area contributed by atoms with E-state index >= 15 is 0 Å². The number of hydrogen-bond donors (Lipinski definition) is 1. The monoisotopic (exact) mass is 273 g/mol. The third-order valence-corrected chi connectivity index (χ3v) is 5.00. The minimum atomic E-state index is 0.788. The highest BCUT2D eigenvalue weighted by Gasteiger charge is 2.25. The van der Waals surface area contributed by atoms with Crippen LogP contribution in [0.3, 0.4) is 0 Å². The van der Waals surface area contributed by atoms with E-state index in [0.29, 0.717) is 0 Å². The van der Waals surface area contributed by atoms with Crippen LogP contribution in [0, 0.1) is 0 Å². The maximum Gasteiger partial charge on any atom is 0.0415 e. The zero-order chi connectivity index (χ0) is 13.9. The Balaban J connectivity index is 1.68. The number of hydrogen-bond acceptors (Lipinski definition) is 3. The summed E-state index contributed by atoms with van der Waals surface area (Å²) < 4.78 is 0. The first-order chi connectivity index (χ1) is 9.83. The van der Waals surface area contributed by atoms with Crippen LogP contribution >= 0.6 is 0 Å². The molecule has 0 saturated carbocycles. The lowest BCUT2D eigenvalue weighted by Gasteiger charge is -2.39. The van der Waals surface area contributed by atoms with Crippen LogP contribution in [0.15, 0.2) is 18.2 Å². The van der Waals surface area contributed by atoms with Gasteiger partial charge in [0.1, 0.15) is 0 Å². The molecule has 0 unspecified atom stereocenters. The largest absolute Gasteiger partial charge is 0.371 e. The van der Waals surface area contributed by atoms with E-state index in [-0.39, 0.29) is 0 Å². The van der Waals surface area contributed by atoms with E-state index in [1.54, 1.807) is 0 Å². The van der Waals surface area contributed by atoms with E-state index in [0.717, 1.165) is 19.1 Å². The Morgan fingerprint density at radius 2 is 1.90 bits per heavy atom. The second-order valence-electron chi connectivity index (χ2n) is 5.96. The predicted octanol–water partition coefficient (Wildman–Crippen LogP) is 2.60. The van der Waals surface area contributed by atoms with Crippen LogP contribution in [0.4, 0.5) is 5.69 Å². The van der Waals surface area contributed by atoms with Crippen LogP contribution in [-0.4, -0.2) is 37.1 Å². The lowest BCUT2D eigenvalue weighted by atomic mass is 10.0. The Morgan fingerprint density at radius 1 is 1.15 bits per heavy atom. The van der Waals surface area contributed by atoms with E-state index in [9.17, 15) is 0 Å². The third kappa shape index (κ3) is 2.57. The minimum absolute atomic E-state index is 0.788. The molecule has 2 heterocycles. The van der Waals surface area contributed by atoms with E-state index in [4.69, 9.17) is 0 Å². The molecule has 3 rings (SSSR count). The fraction of sp³-hybridized carbons (Fsp3) is 0.647.